The van der Waals surface area contributed by atoms with E-state index in [0.717, 1.165) is 10.8 Å². The van der Waals surface area contributed by atoms with E-state index in [-0.39, 0.29) is 0 Å². The highest BCUT2D eigenvalue weighted by atomic mass is 16.8. The molecule has 0 bridgehead atoms. The summed E-state index contributed by atoms with van der Waals surface area (Å²) in [6.07, 6.45) is 2.66. The molecule has 2 aliphatic carbocycles. The maximum Gasteiger partial charge on any atom is 0.306 e. The van der Waals surface area contributed by atoms with Gasteiger partial charge in [-0.05, 0) is 23.6 Å². The highest BCUT2D eigenvalue weighted by Gasteiger charge is 2.91. The Bertz CT molecular complexity index is 972. The lowest BCUT2D eigenvalue weighted by molar-refractivity contribution is -0.162. The second-order valence-electron chi connectivity index (χ2n) is 7.19. The van der Waals surface area contributed by atoms with Crippen LogP contribution in [-0.4, -0.2) is 50.6 Å². The maximum absolute atomic E-state index is 10.8. The van der Waals surface area contributed by atoms with E-state index in [1.165, 1.54) is 18.2 Å². The minimum absolute atomic E-state index is 0.598. The molecular weight excluding hydrogens is 336 g/mol. The van der Waals surface area contributed by atoms with E-state index in [4.69, 9.17) is 14.2 Å². The molecule has 0 aromatic heterocycles. The second kappa shape index (κ2) is 4.29. The van der Waals surface area contributed by atoms with Gasteiger partial charge in [0, 0.05) is 6.08 Å². The van der Waals surface area contributed by atoms with Gasteiger partial charge >= 0.3 is 5.79 Å². The van der Waals surface area contributed by atoms with Crippen molar-refractivity contribution in [2.45, 2.75) is 35.3 Å². The molecule has 0 radical (unpaired) electrons. The molecule has 26 heavy (non-hydrogen) atoms. The summed E-state index contributed by atoms with van der Waals surface area (Å²) < 4.78 is 18.4. The molecule has 5 atom stereocenters. The fourth-order valence-corrected chi connectivity index (χ4v) is 4.80. The quantitative estimate of drug-likeness (QED) is 0.485. The second-order valence-corrected chi connectivity index (χ2v) is 7.19. The van der Waals surface area contributed by atoms with Gasteiger partial charge in [0.25, 0.3) is 0 Å². The number of ether oxygens (including phenoxy) is 3. The molecule has 1 saturated heterocycles. The summed E-state index contributed by atoms with van der Waals surface area (Å²) >= 11 is 0. The Morgan fingerprint density at radius 3 is 2.08 bits per heavy atom. The summed E-state index contributed by atoms with van der Waals surface area (Å²) in [5.41, 5.74) is -2.85. The molecule has 1 fully saturated rings. The third-order valence-electron chi connectivity index (χ3n) is 6.01. The van der Waals surface area contributed by atoms with E-state index in [1.807, 2.05) is 36.4 Å². The molecule has 3 N–H and O–H groups in total. The first kappa shape index (κ1) is 14.8. The van der Waals surface area contributed by atoms with Gasteiger partial charge in [0.1, 0.15) is 29.8 Å². The Morgan fingerprint density at radius 2 is 1.38 bits per heavy atom. The number of aliphatic hydroxyl groups is 3. The van der Waals surface area contributed by atoms with Crippen molar-refractivity contribution in [3.05, 3.63) is 60.7 Å². The van der Waals surface area contributed by atoms with Crippen LogP contribution in [0.1, 0.15) is 0 Å². The van der Waals surface area contributed by atoms with Crippen molar-refractivity contribution >= 4 is 10.8 Å². The Labute approximate surface area is 148 Å². The number of aliphatic hydroxyl groups excluding tert-OH is 3. The Kier molecular flexibility index (Phi) is 2.44. The lowest BCUT2D eigenvalue weighted by Crippen LogP contribution is -2.69. The first-order valence-corrected chi connectivity index (χ1v) is 8.56. The van der Waals surface area contributed by atoms with Crippen molar-refractivity contribution in [2.24, 2.45) is 0 Å². The van der Waals surface area contributed by atoms with Gasteiger partial charge in [-0.15, -0.1) is 0 Å². The summed E-state index contributed by atoms with van der Waals surface area (Å²) in [5, 5.41) is 33.6. The van der Waals surface area contributed by atoms with Gasteiger partial charge in [-0.3, -0.25) is 0 Å². The topological polar surface area (TPSA) is 91.7 Å². The zero-order valence-corrected chi connectivity index (χ0v) is 13.6. The van der Waals surface area contributed by atoms with Crippen LogP contribution in [0.25, 0.3) is 10.8 Å². The van der Waals surface area contributed by atoms with Crippen molar-refractivity contribution in [3.8, 4) is 11.5 Å². The van der Waals surface area contributed by atoms with Gasteiger partial charge in [-0.2, -0.15) is 0 Å². The van der Waals surface area contributed by atoms with Crippen LogP contribution in [0, 0.1) is 0 Å². The summed E-state index contributed by atoms with van der Waals surface area (Å²) in [4.78, 5) is 0. The normalized spacial score (nSPS) is 40.5. The van der Waals surface area contributed by atoms with E-state index in [2.05, 4.69) is 0 Å². The fourth-order valence-electron chi connectivity index (χ4n) is 4.80. The molecule has 0 amide bonds. The first-order valence-electron chi connectivity index (χ1n) is 8.56. The smallest absolute Gasteiger partial charge is 0.306 e. The minimum atomic E-state index is -1.50. The molecule has 4 aliphatic rings. The van der Waals surface area contributed by atoms with Gasteiger partial charge in [-0.1, -0.05) is 36.4 Å². The number of benzene rings is 2. The number of hydrogen-bond donors (Lipinski definition) is 3. The van der Waals surface area contributed by atoms with Crippen molar-refractivity contribution in [2.75, 3.05) is 0 Å². The molecule has 6 nitrogen and oxygen atoms in total. The SMILES string of the molecule is O[C@@H]1C=C[C@H](O)[C@]23O[C@]12[C@H](O)C=CC31Oc2cccc3cccc(c23)O1. The number of hydrogen-bond acceptors (Lipinski definition) is 6. The zero-order valence-electron chi connectivity index (χ0n) is 13.6. The molecule has 6 rings (SSSR count). The molecule has 0 unspecified atom stereocenters. The lowest BCUT2D eigenvalue weighted by Gasteiger charge is -2.46. The van der Waals surface area contributed by atoms with Gasteiger partial charge in [0.2, 0.25) is 5.60 Å². The van der Waals surface area contributed by atoms with Crippen LogP contribution in [0.2, 0.25) is 0 Å². The maximum atomic E-state index is 10.8. The standard InChI is InChI=1S/C20H16O6/c21-14-7-8-16(23)20-18(10-9-15(22)19(14,20)26-20)24-12-5-1-3-11-4-2-6-13(25-18)17(11)12/h1-10,14-16,21-23H/t14-,15-,16+,19+,20-/m1/s1. The van der Waals surface area contributed by atoms with E-state index in [0.29, 0.717) is 11.5 Å². The Morgan fingerprint density at radius 1 is 0.769 bits per heavy atom. The Hall–Kier alpha value is -2.38. The molecule has 2 aromatic carbocycles. The van der Waals surface area contributed by atoms with Crippen LogP contribution in [0.5, 0.6) is 11.5 Å². The highest BCUT2D eigenvalue weighted by molar-refractivity contribution is 5.94. The lowest BCUT2D eigenvalue weighted by atomic mass is 9.68. The van der Waals surface area contributed by atoms with Gasteiger partial charge in [0.05, 0.1) is 5.39 Å². The van der Waals surface area contributed by atoms with E-state index in [9.17, 15) is 15.3 Å². The van der Waals surface area contributed by atoms with Crippen LogP contribution in [0.3, 0.4) is 0 Å². The molecule has 1 spiro atoms. The number of epoxide rings is 1. The summed E-state index contributed by atoms with van der Waals surface area (Å²) in [7, 11) is 0. The van der Waals surface area contributed by atoms with Crippen molar-refractivity contribution in [1.82, 2.24) is 0 Å². The molecule has 2 heterocycles. The largest absolute Gasteiger partial charge is 0.445 e. The van der Waals surface area contributed by atoms with Crippen molar-refractivity contribution in [3.63, 3.8) is 0 Å². The van der Waals surface area contributed by atoms with Crippen LogP contribution in [0.4, 0.5) is 0 Å². The monoisotopic (exact) mass is 352 g/mol. The van der Waals surface area contributed by atoms with E-state index >= 15 is 0 Å². The average Bonchev–Trinajstić information content (AvgIpc) is 3.39. The molecule has 0 saturated carbocycles. The van der Waals surface area contributed by atoms with Gasteiger partial charge in [-0.25, -0.2) is 0 Å². The van der Waals surface area contributed by atoms with Crippen molar-refractivity contribution in [1.29, 1.82) is 0 Å². The molecule has 6 heteroatoms. The van der Waals surface area contributed by atoms with Crippen LogP contribution >= 0.6 is 0 Å². The molecule has 132 valence electrons. The highest BCUT2D eigenvalue weighted by Crippen LogP contribution is 2.67. The Balaban J connectivity index is 1.60. The van der Waals surface area contributed by atoms with E-state index in [1.54, 1.807) is 6.08 Å². The minimum Gasteiger partial charge on any atom is -0.445 e. The fraction of sp³-hybridized carbons (Fsp3) is 0.300. The predicted molar refractivity (Wildman–Crippen MR) is 90.8 cm³/mol. The van der Waals surface area contributed by atoms with Crippen LogP contribution in [-0.2, 0) is 4.74 Å². The zero-order chi connectivity index (χ0) is 17.7. The summed E-state index contributed by atoms with van der Waals surface area (Å²) in [6, 6.07) is 11.4. The van der Waals surface area contributed by atoms with Gasteiger partial charge in [0.15, 0.2) is 5.60 Å². The average molecular weight is 352 g/mol. The predicted octanol–water partition coefficient (Wildman–Crippen LogP) is 1.04. The summed E-state index contributed by atoms with van der Waals surface area (Å²) in [6.45, 7) is 0. The molecule has 2 aliphatic heterocycles. The third kappa shape index (κ3) is 1.35. The van der Waals surface area contributed by atoms with Crippen LogP contribution < -0.4 is 9.47 Å². The first-order chi connectivity index (χ1) is 12.5. The third-order valence-corrected chi connectivity index (χ3v) is 6.01. The molecule has 2 aromatic rings. The van der Waals surface area contributed by atoms with Crippen LogP contribution in [0.15, 0.2) is 60.7 Å². The van der Waals surface area contributed by atoms with E-state index < -0.39 is 35.3 Å². The summed E-state index contributed by atoms with van der Waals surface area (Å²) in [5.74, 6) is -0.305. The molecular formula is C20H16O6. The van der Waals surface area contributed by atoms with Gasteiger partial charge < -0.3 is 29.5 Å². The van der Waals surface area contributed by atoms with Crippen molar-refractivity contribution < 1.29 is 29.5 Å². The number of rotatable bonds is 0.